The summed E-state index contributed by atoms with van der Waals surface area (Å²) in [4.78, 5) is 27.1. The quantitative estimate of drug-likeness (QED) is 0.903. The van der Waals surface area contributed by atoms with Gasteiger partial charge in [0, 0.05) is 29.2 Å². The molecule has 1 atom stereocenters. The van der Waals surface area contributed by atoms with Crippen molar-refractivity contribution < 1.29 is 9.59 Å². The van der Waals surface area contributed by atoms with Crippen LogP contribution < -0.4 is 11.1 Å². The van der Waals surface area contributed by atoms with Gasteiger partial charge in [-0.1, -0.05) is 6.07 Å². The van der Waals surface area contributed by atoms with Gasteiger partial charge in [0.25, 0.3) is 0 Å². The second-order valence-corrected chi connectivity index (χ2v) is 6.69. The van der Waals surface area contributed by atoms with Crippen LogP contribution >= 0.6 is 11.3 Å². The zero-order valence-corrected chi connectivity index (χ0v) is 13.7. The molecule has 23 heavy (non-hydrogen) atoms. The second-order valence-electron chi connectivity index (χ2n) is 5.69. The average Bonchev–Trinajstić information content (AvgIpc) is 3.01. The van der Waals surface area contributed by atoms with Gasteiger partial charge >= 0.3 is 0 Å². The molecule has 0 unspecified atom stereocenters. The van der Waals surface area contributed by atoms with E-state index in [1.807, 2.05) is 17.9 Å². The average molecular weight is 329 g/mol. The van der Waals surface area contributed by atoms with E-state index in [2.05, 4.69) is 16.8 Å². The number of thiophene rings is 1. The molecule has 0 radical (unpaired) electrons. The van der Waals surface area contributed by atoms with Crippen molar-refractivity contribution in [3.63, 3.8) is 0 Å². The minimum absolute atomic E-state index is 0.0614. The van der Waals surface area contributed by atoms with Gasteiger partial charge in [-0.05, 0) is 48.6 Å². The van der Waals surface area contributed by atoms with Crippen molar-refractivity contribution in [3.05, 3.63) is 51.7 Å². The highest BCUT2D eigenvalue weighted by Gasteiger charge is 2.25. The lowest BCUT2D eigenvalue weighted by Crippen LogP contribution is -2.43. The van der Waals surface area contributed by atoms with Crippen LogP contribution in [0.1, 0.15) is 27.7 Å². The molecule has 2 heterocycles. The number of fused-ring (bicyclic) bond motifs is 1. The maximum absolute atomic E-state index is 12.6. The molecule has 120 valence electrons. The number of amides is 2. The normalized spacial score (nSPS) is 14.9. The first-order valence-electron chi connectivity index (χ1n) is 7.55. The molecule has 3 rings (SSSR count). The highest BCUT2D eigenvalue weighted by atomic mass is 32.1. The van der Waals surface area contributed by atoms with Crippen LogP contribution in [0.3, 0.4) is 0 Å². The fourth-order valence-corrected chi connectivity index (χ4v) is 3.67. The van der Waals surface area contributed by atoms with E-state index in [0.29, 0.717) is 12.1 Å². The van der Waals surface area contributed by atoms with Crippen LogP contribution in [-0.2, 0) is 17.8 Å². The van der Waals surface area contributed by atoms with Crippen molar-refractivity contribution in [2.45, 2.75) is 25.9 Å². The van der Waals surface area contributed by atoms with Gasteiger partial charge in [-0.25, -0.2) is 0 Å². The van der Waals surface area contributed by atoms with E-state index in [9.17, 15) is 9.59 Å². The summed E-state index contributed by atoms with van der Waals surface area (Å²) in [6.07, 6.45) is 0.919. The number of carbonyl (C=O) groups excluding carboxylic acids is 2. The van der Waals surface area contributed by atoms with Gasteiger partial charge in [0.1, 0.15) is 6.04 Å². The number of anilines is 1. The van der Waals surface area contributed by atoms with Crippen LogP contribution in [0.5, 0.6) is 0 Å². The van der Waals surface area contributed by atoms with Gasteiger partial charge in [-0.15, -0.1) is 11.3 Å². The van der Waals surface area contributed by atoms with Crippen LogP contribution in [0.4, 0.5) is 5.69 Å². The number of rotatable bonds is 4. The summed E-state index contributed by atoms with van der Waals surface area (Å²) >= 11 is 1.76. The van der Waals surface area contributed by atoms with E-state index in [4.69, 9.17) is 5.73 Å². The molecule has 1 aliphatic heterocycles. The summed E-state index contributed by atoms with van der Waals surface area (Å²) in [7, 11) is 0. The number of hydrogen-bond acceptors (Lipinski definition) is 4. The Morgan fingerprint density at radius 3 is 2.96 bits per heavy atom. The third-order valence-electron chi connectivity index (χ3n) is 4.02. The minimum Gasteiger partial charge on any atom is -0.374 e. The van der Waals surface area contributed by atoms with Gasteiger partial charge in [-0.3, -0.25) is 9.59 Å². The zero-order valence-electron chi connectivity index (χ0n) is 12.9. The largest absolute Gasteiger partial charge is 0.374 e. The maximum atomic E-state index is 12.6. The zero-order chi connectivity index (χ0) is 16.4. The van der Waals surface area contributed by atoms with Crippen molar-refractivity contribution in [3.8, 4) is 0 Å². The molecule has 6 heteroatoms. The Hall–Kier alpha value is -2.34. The number of benzene rings is 1. The van der Waals surface area contributed by atoms with Gasteiger partial charge in [-0.2, -0.15) is 0 Å². The highest BCUT2D eigenvalue weighted by molar-refractivity contribution is 7.10. The van der Waals surface area contributed by atoms with Gasteiger partial charge in [0.15, 0.2) is 0 Å². The third kappa shape index (κ3) is 3.37. The molecule has 0 saturated heterocycles. The summed E-state index contributed by atoms with van der Waals surface area (Å²) in [5.41, 5.74) is 7.68. The molecule has 0 saturated carbocycles. The molecule has 0 bridgehead atoms. The van der Waals surface area contributed by atoms with Crippen LogP contribution in [0.25, 0.3) is 0 Å². The molecule has 0 aliphatic carbocycles. The second kappa shape index (κ2) is 6.42. The van der Waals surface area contributed by atoms with Crippen molar-refractivity contribution >= 4 is 28.8 Å². The van der Waals surface area contributed by atoms with Crippen molar-refractivity contribution in [1.29, 1.82) is 0 Å². The van der Waals surface area contributed by atoms with Crippen LogP contribution in [0.15, 0.2) is 35.7 Å². The Morgan fingerprint density at radius 1 is 1.35 bits per heavy atom. The predicted molar refractivity (Wildman–Crippen MR) is 91.5 cm³/mol. The van der Waals surface area contributed by atoms with Gasteiger partial charge in [0.2, 0.25) is 11.8 Å². The molecular formula is C17H19N3O2S. The molecule has 2 amide bonds. The lowest BCUT2D eigenvalue weighted by molar-refractivity contribution is -0.132. The smallest absolute Gasteiger partial charge is 0.248 e. The van der Waals surface area contributed by atoms with E-state index < -0.39 is 5.91 Å². The lowest BCUT2D eigenvalue weighted by atomic mass is 10.1. The van der Waals surface area contributed by atoms with E-state index >= 15 is 0 Å². The molecule has 1 aromatic heterocycles. The number of nitrogens with two attached hydrogens (primary N) is 1. The summed E-state index contributed by atoms with van der Waals surface area (Å²) < 4.78 is 0. The first-order valence-corrected chi connectivity index (χ1v) is 8.43. The summed E-state index contributed by atoms with van der Waals surface area (Å²) in [6, 6.07) is 8.62. The number of carbonyl (C=O) groups is 2. The molecule has 1 aromatic carbocycles. The Kier molecular flexibility index (Phi) is 4.34. The standard InChI is InChI=1S/C17H19N3O2S/c1-11(19-14-4-2-3-12(9-14)16(18)21)17(22)20-7-5-15-13(10-20)6-8-23-15/h2-4,6,8-9,11,19H,5,7,10H2,1H3,(H2,18,21)/t11-/m1/s1. The predicted octanol–water partition coefficient (Wildman–Crippen LogP) is 2.23. The van der Waals surface area contributed by atoms with Crippen molar-refractivity contribution in [2.24, 2.45) is 5.73 Å². The number of hydrogen-bond donors (Lipinski definition) is 2. The number of nitrogens with zero attached hydrogens (tertiary/aromatic N) is 1. The lowest BCUT2D eigenvalue weighted by Gasteiger charge is -2.30. The fourth-order valence-electron chi connectivity index (χ4n) is 2.78. The summed E-state index contributed by atoms with van der Waals surface area (Å²) in [6.45, 7) is 3.26. The van der Waals surface area contributed by atoms with Crippen molar-refractivity contribution in [1.82, 2.24) is 4.90 Å². The third-order valence-corrected chi connectivity index (χ3v) is 5.04. The Labute approximate surface area is 139 Å². The van der Waals surface area contributed by atoms with E-state index in [1.165, 1.54) is 10.4 Å². The molecular weight excluding hydrogens is 310 g/mol. The Bertz CT molecular complexity index is 741. The summed E-state index contributed by atoms with van der Waals surface area (Å²) in [5.74, 6) is -0.417. The van der Waals surface area contributed by atoms with Crippen LogP contribution in [-0.4, -0.2) is 29.3 Å². The van der Waals surface area contributed by atoms with Gasteiger partial charge in [0.05, 0.1) is 0 Å². The Morgan fingerprint density at radius 2 is 2.17 bits per heavy atom. The monoisotopic (exact) mass is 329 g/mol. The number of primary amides is 1. The molecule has 0 fully saturated rings. The molecule has 1 aliphatic rings. The number of nitrogens with one attached hydrogen (secondary N) is 1. The maximum Gasteiger partial charge on any atom is 0.248 e. The molecule has 5 nitrogen and oxygen atoms in total. The molecule has 3 N–H and O–H groups in total. The summed E-state index contributed by atoms with van der Waals surface area (Å²) in [5, 5.41) is 5.23. The van der Waals surface area contributed by atoms with Crippen LogP contribution in [0, 0.1) is 0 Å². The molecule has 2 aromatic rings. The van der Waals surface area contributed by atoms with E-state index in [0.717, 1.165) is 18.7 Å². The van der Waals surface area contributed by atoms with E-state index in [1.54, 1.807) is 29.5 Å². The fraction of sp³-hybridized carbons (Fsp3) is 0.294. The topological polar surface area (TPSA) is 75.4 Å². The Balaban J connectivity index is 1.66. The first kappa shape index (κ1) is 15.6. The van der Waals surface area contributed by atoms with Gasteiger partial charge < -0.3 is 16.0 Å². The van der Waals surface area contributed by atoms with Crippen LogP contribution in [0.2, 0.25) is 0 Å². The first-order chi connectivity index (χ1) is 11.0. The highest BCUT2D eigenvalue weighted by Crippen LogP contribution is 2.24. The SMILES string of the molecule is C[C@@H](Nc1cccc(C(N)=O)c1)C(=O)N1CCc2sccc2C1. The molecule has 0 spiro atoms. The van der Waals surface area contributed by atoms with Crippen molar-refractivity contribution in [2.75, 3.05) is 11.9 Å². The van der Waals surface area contributed by atoms with E-state index in [-0.39, 0.29) is 11.9 Å². The minimum atomic E-state index is -0.478.